The Labute approximate surface area is 101 Å². The first-order chi connectivity index (χ1) is 7.15. The maximum absolute atomic E-state index is 5.98. The average molecular weight is 264 g/mol. The second-order valence-electron chi connectivity index (χ2n) is 2.88. The van der Waals surface area contributed by atoms with Gasteiger partial charge in [0.05, 0.1) is 0 Å². The summed E-state index contributed by atoms with van der Waals surface area (Å²) in [5.74, 6) is 0.490. The molecule has 0 radical (unpaired) electrons. The smallest absolute Gasteiger partial charge is 0.320 e. The van der Waals surface area contributed by atoms with Crippen LogP contribution >= 0.6 is 34.8 Å². The van der Waals surface area contributed by atoms with Crippen molar-refractivity contribution in [2.75, 3.05) is 0 Å². The van der Waals surface area contributed by atoms with Gasteiger partial charge >= 0.3 is 5.35 Å². The summed E-state index contributed by atoms with van der Waals surface area (Å²) in [6.07, 6.45) is 0.465. The molecule has 1 aromatic carbocycles. The fourth-order valence-electron chi connectivity index (χ4n) is 1.14. The molecule has 0 aliphatic rings. The molecule has 0 aliphatic heterocycles. The van der Waals surface area contributed by atoms with Crippen molar-refractivity contribution < 1.29 is 4.52 Å². The minimum Gasteiger partial charge on any atom is -0.321 e. The van der Waals surface area contributed by atoms with E-state index in [-0.39, 0.29) is 5.35 Å². The van der Waals surface area contributed by atoms with Crippen molar-refractivity contribution in [3.8, 4) is 0 Å². The molecule has 1 aromatic heterocycles. The van der Waals surface area contributed by atoms with Gasteiger partial charge in [-0.05, 0) is 29.3 Å². The number of hydrogen-bond donors (Lipinski definition) is 0. The highest BCUT2D eigenvalue weighted by Crippen LogP contribution is 2.22. The van der Waals surface area contributed by atoms with E-state index in [1.165, 1.54) is 0 Å². The molecule has 0 spiro atoms. The first-order valence-electron chi connectivity index (χ1n) is 4.07. The molecular formula is C9H5Cl3N2O. The fraction of sp³-hybridized carbons (Fsp3) is 0.111. The highest BCUT2D eigenvalue weighted by atomic mass is 35.5. The van der Waals surface area contributed by atoms with Crippen LogP contribution in [0.25, 0.3) is 0 Å². The Morgan fingerprint density at radius 3 is 2.60 bits per heavy atom. The van der Waals surface area contributed by atoms with Crippen LogP contribution in [-0.2, 0) is 6.42 Å². The quantitative estimate of drug-likeness (QED) is 0.830. The summed E-state index contributed by atoms with van der Waals surface area (Å²) in [6.45, 7) is 0. The lowest BCUT2D eigenvalue weighted by Crippen LogP contribution is -1.91. The zero-order valence-corrected chi connectivity index (χ0v) is 9.64. The third-order valence-electron chi connectivity index (χ3n) is 1.81. The predicted octanol–water partition coefficient (Wildman–Crippen LogP) is 3.62. The Kier molecular flexibility index (Phi) is 3.14. The van der Waals surface area contributed by atoms with Gasteiger partial charge in [-0.3, -0.25) is 0 Å². The Bertz CT molecular complexity index is 484. The van der Waals surface area contributed by atoms with E-state index < -0.39 is 0 Å². The summed E-state index contributed by atoms with van der Waals surface area (Å²) in [5, 5.41) is 4.85. The Morgan fingerprint density at radius 2 is 2.00 bits per heavy atom. The van der Waals surface area contributed by atoms with Crippen LogP contribution in [0.15, 0.2) is 22.7 Å². The summed E-state index contributed by atoms with van der Waals surface area (Å²) < 4.78 is 4.64. The maximum Gasteiger partial charge on any atom is 0.320 e. The number of nitrogens with zero attached hydrogens (tertiary/aromatic N) is 2. The SMILES string of the molecule is Clc1ccc(Cc2noc(Cl)n2)c(Cl)c1. The molecule has 0 atom stereocenters. The largest absolute Gasteiger partial charge is 0.321 e. The zero-order valence-electron chi connectivity index (χ0n) is 7.38. The molecule has 0 saturated heterocycles. The first kappa shape index (κ1) is 10.7. The van der Waals surface area contributed by atoms with Gasteiger partial charge in [0, 0.05) is 16.5 Å². The summed E-state index contributed by atoms with van der Waals surface area (Å²) in [7, 11) is 0. The van der Waals surface area contributed by atoms with E-state index in [0.29, 0.717) is 22.3 Å². The molecule has 0 N–H and O–H groups in total. The van der Waals surface area contributed by atoms with Gasteiger partial charge in [-0.2, -0.15) is 4.98 Å². The van der Waals surface area contributed by atoms with E-state index in [0.717, 1.165) is 5.56 Å². The standard InChI is InChI=1S/C9H5Cl3N2O/c10-6-2-1-5(7(11)4-6)3-8-13-9(12)15-14-8/h1-2,4H,3H2. The fourth-order valence-corrected chi connectivity index (χ4v) is 1.75. The normalized spacial score (nSPS) is 10.6. The Balaban J connectivity index is 2.24. The Hall–Kier alpha value is -0.770. The molecule has 2 aromatic rings. The second-order valence-corrected chi connectivity index (χ2v) is 4.04. The average Bonchev–Trinajstić information content (AvgIpc) is 2.56. The minimum atomic E-state index is 0.0232. The molecule has 6 heteroatoms. The van der Waals surface area contributed by atoms with Crippen LogP contribution in [0, 0.1) is 0 Å². The third kappa shape index (κ3) is 2.62. The molecule has 3 nitrogen and oxygen atoms in total. The molecule has 0 aliphatic carbocycles. The lowest BCUT2D eigenvalue weighted by Gasteiger charge is -2.00. The van der Waals surface area contributed by atoms with E-state index in [4.69, 9.17) is 34.8 Å². The predicted molar refractivity (Wildman–Crippen MR) is 58.6 cm³/mol. The van der Waals surface area contributed by atoms with Crippen molar-refractivity contribution in [2.45, 2.75) is 6.42 Å². The van der Waals surface area contributed by atoms with E-state index in [1.54, 1.807) is 12.1 Å². The highest BCUT2D eigenvalue weighted by Gasteiger charge is 2.07. The van der Waals surface area contributed by atoms with Gasteiger partial charge in [-0.15, -0.1) is 0 Å². The summed E-state index contributed by atoms with van der Waals surface area (Å²) >= 11 is 17.2. The van der Waals surface area contributed by atoms with Gasteiger partial charge in [0.25, 0.3) is 0 Å². The van der Waals surface area contributed by atoms with Gasteiger partial charge < -0.3 is 4.52 Å². The topological polar surface area (TPSA) is 38.9 Å². The van der Waals surface area contributed by atoms with Crippen LogP contribution in [0.4, 0.5) is 0 Å². The van der Waals surface area contributed by atoms with Crippen molar-refractivity contribution >= 4 is 34.8 Å². The van der Waals surface area contributed by atoms with E-state index in [1.807, 2.05) is 6.07 Å². The van der Waals surface area contributed by atoms with Crippen LogP contribution < -0.4 is 0 Å². The van der Waals surface area contributed by atoms with Crippen molar-refractivity contribution in [3.05, 3.63) is 45.0 Å². The number of aromatic nitrogens is 2. The molecule has 0 amide bonds. The number of hydrogen-bond acceptors (Lipinski definition) is 3. The van der Waals surface area contributed by atoms with Gasteiger partial charge in [-0.1, -0.05) is 34.4 Å². The van der Waals surface area contributed by atoms with Crippen LogP contribution in [0.5, 0.6) is 0 Å². The third-order valence-corrected chi connectivity index (χ3v) is 2.55. The minimum absolute atomic E-state index is 0.0232. The van der Waals surface area contributed by atoms with Gasteiger partial charge in [0.15, 0.2) is 5.82 Å². The summed E-state index contributed by atoms with van der Waals surface area (Å²) in [6, 6.07) is 5.24. The Morgan fingerprint density at radius 1 is 1.20 bits per heavy atom. The lowest BCUT2D eigenvalue weighted by molar-refractivity contribution is 0.413. The van der Waals surface area contributed by atoms with Crippen LogP contribution in [0.3, 0.4) is 0 Å². The molecule has 1 heterocycles. The van der Waals surface area contributed by atoms with E-state index >= 15 is 0 Å². The highest BCUT2D eigenvalue weighted by molar-refractivity contribution is 6.35. The monoisotopic (exact) mass is 262 g/mol. The van der Waals surface area contributed by atoms with Gasteiger partial charge in [0.2, 0.25) is 0 Å². The number of benzene rings is 1. The lowest BCUT2D eigenvalue weighted by atomic mass is 10.1. The molecular weight excluding hydrogens is 258 g/mol. The zero-order chi connectivity index (χ0) is 10.8. The van der Waals surface area contributed by atoms with Gasteiger partial charge in [-0.25, -0.2) is 0 Å². The van der Waals surface area contributed by atoms with Crippen molar-refractivity contribution in [1.82, 2.24) is 10.1 Å². The van der Waals surface area contributed by atoms with Crippen LogP contribution in [-0.4, -0.2) is 10.1 Å². The van der Waals surface area contributed by atoms with Crippen LogP contribution in [0.1, 0.15) is 11.4 Å². The van der Waals surface area contributed by atoms with E-state index in [9.17, 15) is 0 Å². The molecule has 0 unspecified atom stereocenters. The molecule has 2 rings (SSSR count). The van der Waals surface area contributed by atoms with Gasteiger partial charge in [0.1, 0.15) is 0 Å². The van der Waals surface area contributed by atoms with Crippen LogP contribution in [0.2, 0.25) is 15.4 Å². The first-order valence-corrected chi connectivity index (χ1v) is 5.20. The van der Waals surface area contributed by atoms with E-state index in [2.05, 4.69) is 14.7 Å². The summed E-state index contributed by atoms with van der Waals surface area (Å²) in [4.78, 5) is 3.87. The number of halogens is 3. The second kappa shape index (κ2) is 4.39. The summed E-state index contributed by atoms with van der Waals surface area (Å²) in [5.41, 5.74) is 0.874. The maximum atomic E-state index is 5.98. The molecule has 15 heavy (non-hydrogen) atoms. The van der Waals surface area contributed by atoms with Crippen molar-refractivity contribution in [1.29, 1.82) is 0 Å². The number of rotatable bonds is 2. The molecule has 0 fully saturated rings. The van der Waals surface area contributed by atoms with Crippen molar-refractivity contribution in [3.63, 3.8) is 0 Å². The van der Waals surface area contributed by atoms with Crippen molar-refractivity contribution in [2.24, 2.45) is 0 Å². The molecule has 0 bridgehead atoms. The molecule has 78 valence electrons. The molecule has 0 saturated carbocycles.